The van der Waals surface area contributed by atoms with Crippen LogP contribution in [0.15, 0.2) is 24.3 Å². The van der Waals surface area contributed by atoms with Gasteiger partial charge in [-0.2, -0.15) is 0 Å². The minimum atomic E-state index is -0.976. The maximum absolute atomic E-state index is 12.3. The van der Waals surface area contributed by atoms with Gasteiger partial charge in [0, 0.05) is 19.7 Å². The lowest BCUT2D eigenvalue weighted by Gasteiger charge is -2.22. The fourth-order valence-corrected chi connectivity index (χ4v) is 2.32. The highest BCUT2D eigenvalue weighted by molar-refractivity contribution is 5.88. The highest BCUT2D eigenvalue weighted by Crippen LogP contribution is 2.11. The summed E-state index contributed by atoms with van der Waals surface area (Å²) in [6, 6.07) is 6.53. The maximum Gasteiger partial charge on any atom is 0.335 e. The van der Waals surface area contributed by atoms with E-state index in [4.69, 9.17) is 9.84 Å². The summed E-state index contributed by atoms with van der Waals surface area (Å²) >= 11 is 0. The second-order valence-corrected chi connectivity index (χ2v) is 5.06. The summed E-state index contributed by atoms with van der Waals surface area (Å²) in [5.74, 6) is -0.957. The van der Waals surface area contributed by atoms with Crippen LogP contribution in [0.2, 0.25) is 0 Å². The Kier molecular flexibility index (Phi) is 4.74. The zero-order valence-electron chi connectivity index (χ0n) is 11.5. The van der Waals surface area contributed by atoms with Gasteiger partial charge < -0.3 is 14.7 Å². The summed E-state index contributed by atoms with van der Waals surface area (Å²) < 4.78 is 5.51. The summed E-state index contributed by atoms with van der Waals surface area (Å²) in [5.41, 5.74) is 0.940. The van der Waals surface area contributed by atoms with Crippen LogP contribution in [0.5, 0.6) is 0 Å². The largest absolute Gasteiger partial charge is 0.478 e. The molecule has 20 heavy (non-hydrogen) atoms. The van der Waals surface area contributed by atoms with E-state index >= 15 is 0 Å². The fraction of sp³-hybridized carbons (Fsp3) is 0.467. The predicted molar refractivity (Wildman–Crippen MR) is 73.7 cm³/mol. The van der Waals surface area contributed by atoms with E-state index in [0.717, 1.165) is 12.0 Å². The highest BCUT2D eigenvalue weighted by atomic mass is 16.5. The molecule has 1 aromatic rings. The number of benzene rings is 1. The summed E-state index contributed by atoms with van der Waals surface area (Å²) in [6.07, 6.45) is 1.12. The number of carboxylic acid groups (broad SMARTS) is 1. The first-order chi connectivity index (χ1) is 9.56. The standard InChI is InChI=1S/C15H19NO4/c1-11-10-16(6-3-7-20-11)14(17)9-12-4-2-5-13(8-12)15(18)19/h2,4-5,8,11H,3,6-7,9-10H2,1H3,(H,18,19)/t11-/m0/s1. The summed E-state index contributed by atoms with van der Waals surface area (Å²) in [7, 11) is 0. The van der Waals surface area contributed by atoms with E-state index in [2.05, 4.69) is 0 Å². The first kappa shape index (κ1) is 14.5. The third kappa shape index (κ3) is 3.81. The molecule has 108 valence electrons. The van der Waals surface area contributed by atoms with Crippen molar-refractivity contribution in [2.45, 2.75) is 25.9 Å². The van der Waals surface area contributed by atoms with Crippen LogP contribution in [0.4, 0.5) is 0 Å². The number of hydrogen-bond donors (Lipinski definition) is 1. The lowest BCUT2D eigenvalue weighted by molar-refractivity contribution is -0.131. The molecular formula is C15H19NO4. The molecule has 0 aliphatic carbocycles. The van der Waals surface area contributed by atoms with Crippen LogP contribution in [0.3, 0.4) is 0 Å². The average molecular weight is 277 g/mol. The number of ether oxygens (including phenoxy) is 1. The van der Waals surface area contributed by atoms with Gasteiger partial charge >= 0.3 is 5.97 Å². The van der Waals surface area contributed by atoms with Gasteiger partial charge in [-0.15, -0.1) is 0 Å². The fourth-order valence-electron chi connectivity index (χ4n) is 2.32. The summed E-state index contributed by atoms with van der Waals surface area (Å²) in [6.45, 7) is 3.93. The maximum atomic E-state index is 12.3. The molecular weight excluding hydrogens is 258 g/mol. The second kappa shape index (κ2) is 6.52. The van der Waals surface area contributed by atoms with Crippen molar-refractivity contribution in [3.05, 3.63) is 35.4 Å². The minimum absolute atomic E-state index is 0.0184. The number of hydrogen-bond acceptors (Lipinski definition) is 3. The molecule has 0 aromatic heterocycles. The molecule has 1 aliphatic rings. The summed E-state index contributed by atoms with van der Waals surface area (Å²) in [5, 5.41) is 8.95. The van der Waals surface area contributed by atoms with E-state index in [1.807, 2.05) is 6.92 Å². The number of carboxylic acids is 1. The monoisotopic (exact) mass is 277 g/mol. The van der Waals surface area contributed by atoms with E-state index in [0.29, 0.717) is 19.7 Å². The van der Waals surface area contributed by atoms with E-state index < -0.39 is 5.97 Å². The van der Waals surface area contributed by atoms with Crippen molar-refractivity contribution in [2.75, 3.05) is 19.7 Å². The molecule has 0 spiro atoms. The molecule has 5 nitrogen and oxygen atoms in total. The van der Waals surface area contributed by atoms with Crippen LogP contribution in [-0.2, 0) is 16.0 Å². The van der Waals surface area contributed by atoms with Crippen LogP contribution in [0.25, 0.3) is 0 Å². The Labute approximate surface area is 118 Å². The number of nitrogens with zero attached hydrogens (tertiary/aromatic N) is 1. The Hall–Kier alpha value is -1.88. The number of aromatic carboxylic acids is 1. The Balaban J connectivity index is 2.03. The Morgan fingerprint density at radius 2 is 2.25 bits per heavy atom. The van der Waals surface area contributed by atoms with Crippen molar-refractivity contribution in [2.24, 2.45) is 0 Å². The molecule has 1 heterocycles. The number of amides is 1. The van der Waals surface area contributed by atoms with Crippen molar-refractivity contribution in [1.29, 1.82) is 0 Å². The van der Waals surface area contributed by atoms with Crippen molar-refractivity contribution in [3.63, 3.8) is 0 Å². The topological polar surface area (TPSA) is 66.8 Å². The lowest BCUT2D eigenvalue weighted by atomic mass is 10.1. The SMILES string of the molecule is C[C@H]1CN(C(=O)Cc2cccc(C(=O)O)c2)CCCO1. The molecule has 1 N–H and O–H groups in total. The first-order valence-corrected chi connectivity index (χ1v) is 6.78. The van der Waals surface area contributed by atoms with Gasteiger partial charge in [0.05, 0.1) is 18.1 Å². The zero-order valence-corrected chi connectivity index (χ0v) is 11.5. The van der Waals surface area contributed by atoms with Crippen LogP contribution >= 0.6 is 0 Å². The molecule has 2 rings (SSSR count). The van der Waals surface area contributed by atoms with Crippen molar-refractivity contribution < 1.29 is 19.4 Å². The van der Waals surface area contributed by atoms with Crippen molar-refractivity contribution >= 4 is 11.9 Å². The van der Waals surface area contributed by atoms with Gasteiger partial charge in [0.25, 0.3) is 0 Å². The van der Waals surface area contributed by atoms with Crippen LogP contribution in [0, 0.1) is 0 Å². The molecule has 1 atom stereocenters. The van der Waals surface area contributed by atoms with Crippen molar-refractivity contribution in [1.82, 2.24) is 4.90 Å². The molecule has 1 aromatic carbocycles. The van der Waals surface area contributed by atoms with Gasteiger partial charge in [0.2, 0.25) is 5.91 Å². The molecule has 1 saturated heterocycles. The summed E-state index contributed by atoms with van der Waals surface area (Å²) in [4.78, 5) is 25.0. The van der Waals surface area contributed by atoms with E-state index in [1.54, 1.807) is 23.1 Å². The quantitative estimate of drug-likeness (QED) is 0.910. The van der Waals surface area contributed by atoms with Crippen LogP contribution in [0.1, 0.15) is 29.3 Å². The molecule has 1 aliphatic heterocycles. The molecule has 0 bridgehead atoms. The van der Waals surface area contributed by atoms with E-state index in [9.17, 15) is 9.59 Å². The smallest absolute Gasteiger partial charge is 0.335 e. The molecule has 5 heteroatoms. The molecule has 0 unspecified atom stereocenters. The third-order valence-corrected chi connectivity index (χ3v) is 3.33. The van der Waals surface area contributed by atoms with Gasteiger partial charge in [-0.1, -0.05) is 12.1 Å². The minimum Gasteiger partial charge on any atom is -0.478 e. The van der Waals surface area contributed by atoms with Gasteiger partial charge in [-0.05, 0) is 31.0 Å². The Morgan fingerprint density at radius 3 is 3.00 bits per heavy atom. The van der Waals surface area contributed by atoms with Gasteiger partial charge in [-0.25, -0.2) is 4.79 Å². The number of carbonyl (C=O) groups excluding carboxylic acids is 1. The van der Waals surface area contributed by atoms with Gasteiger partial charge in [-0.3, -0.25) is 4.79 Å². The normalized spacial score (nSPS) is 19.4. The molecule has 1 fully saturated rings. The highest BCUT2D eigenvalue weighted by Gasteiger charge is 2.20. The molecule has 1 amide bonds. The van der Waals surface area contributed by atoms with Crippen LogP contribution < -0.4 is 0 Å². The lowest BCUT2D eigenvalue weighted by Crippen LogP contribution is -2.36. The van der Waals surface area contributed by atoms with E-state index in [-0.39, 0.29) is 24.0 Å². The molecule has 0 radical (unpaired) electrons. The average Bonchev–Trinajstić information content (AvgIpc) is 2.63. The predicted octanol–water partition coefficient (Wildman–Crippen LogP) is 1.56. The van der Waals surface area contributed by atoms with E-state index in [1.165, 1.54) is 6.07 Å². The van der Waals surface area contributed by atoms with Gasteiger partial charge in [0.15, 0.2) is 0 Å². The number of rotatable bonds is 3. The van der Waals surface area contributed by atoms with Crippen LogP contribution in [-0.4, -0.2) is 47.7 Å². The Bertz CT molecular complexity index is 500. The second-order valence-electron chi connectivity index (χ2n) is 5.06. The first-order valence-electron chi connectivity index (χ1n) is 6.78. The third-order valence-electron chi connectivity index (χ3n) is 3.33. The Morgan fingerprint density at radius 1 is 1.45 bits per heavy atom. The molecule has 0 saturated carbocycles. The van der Waals surface area contributed by atoms with Gasteiger partial charge in [0.1, 0.15) is 0 Å². The zero-order chi connectivity index (χ0) is 14.5. The number of carbonyl (C=O) groups is 2. The van der Waals surface area contributed by atoms with Crippen molar-refractivity contribution in [3.8, 4) is 0 Å².